The van der Waals surface area contributed by atoms with Gasteiger partial charge in [-0.2, -0.15) is 0 Å². The molecule has 0 aliphatic rings. The fourth-order valence-electron chi connectivity index (χ4n) is 2.11. The lowest BCUT2D eigenvalue weighted by Crippen LogP contribution is -2.25. The van der Waals surface area contributed by atoms with E-state index in [1.165, 1.54) is 0 Å². The van der Waals surface area contributed by atoms with Crippen molar-refractivity contribution in [3.8, 4) is 11.5 Å². The molecule has 0 saturated heterocycles. The van der Waals surface area contributed by atoms with Gasteiger partial charge in [0, 0.05) is 12.5 Å². The van der Waals surface area contributed by atoms with Crippen molar-refractivity contribution in [2.24, 2.45) is 17.6 Å². The van der Waals surface area contributed by atoms with Crippen LogP contribution in [0, 0.1) is 11.8 Å². The van der Waals surface area contributed by atoms with Crippen molar-refractivity contribution >= 4 is 5.78 Å². The number of benzene rings is 1. The van der Waals surface area contributed by atoms with Crippen LogP contribution in [-0.4, -0.2) is 26.5 Å². The van der Waals surface area contributed by atoms with E-state index >= 15 is 0 Å². The Morgan fingerprint density at radius 1 is 1.26 bits per heavy atom. The van der Waals surface area contributed by atoms with Gasteiger partial charge < -0.3 is 15.2 Å². The van der Waals surface area contributed by atoms with Crippen molar-refractivity contribution in [1.82, 2.24) is 0 Å². The highest BCUT2D eigenvalue weighted by Crippen LogP contribution is 2.27. The summed E-state index contributed by atoms with van der Waals surface area (Å²) in [5.41, 5.74) is 6.27. The lowest BCUT2D eigenvalue weighted by Gasteiger charge is -2.18. The van der Waals surface area contributed by atoms with Crippen LogP contribution in [0.1, 0.15) is 30.6 Å². The molecule has 0 saturated carbocycles. The smallest absolute Gasteiger partial charge is 0.171 e. The standard InChI is InChI=1S/C15H23NO3/c1-10(2)7-11(9-16)15(17)13-8-12(18-3)5-6-14(13)19-4/h5-6,8,10-11H,7,9,16H2,1-4H3. The first-order valence-electron chi connectivity index (χ1n) is 6.49. The minimum Gasteiger partial charge on any atom is -0.497 e. The maximum absolute atomic E-state index is 12.5. The predicted molar refractivity (Wildman–Crippen MR) is 75.9 cm³/mol. The summed E-state index contributed by atoms with van der Waals surface area (Å²) >= 11 is 0. The van der Waals surface area contributed by atoms with Gasteiger partial charge in [0.25, 0.3) is 0 Å². The number of hydrogen-bond acceptors (Lipinski definition) is 4. The van der Waals surface area contributed by atoms with E-state index in [2.05, 4.69) is 13.8 Å². The van der Waals surface area contributed by atoms with Crippen LogP contribution in [0.5, 0.6) is 11.5 Å². The number of nitrogens with two attached hydrogens (primary N) is 1. The van der Waals surface area contributed by atoms with E-state index in [-0.39, 0.29) is 11.7 Å². The molecule has 106 valence electrons. The van der Waals surface area contributed by atoms with Crippen LogP contribution in [0.4, 0.5) is 0 Å². The molecule has 0 fully saturated rings. The molecule has 1 aromatic carbocycles. The van der Waals surface area contributed by atoms with Crippen molar-refractivity contribution in [2.75, 3.05) is 20.8 Å². The molecule has 0 heterocycles. The number of rotatable bonds is 7. The molecular weight excluding hydrogens is 242 g/mol. The molecule has 1 atom stereocenters. The maximum atomic E-state index is 12.5. The highest BCUT2D eigenvalue weighted by Gasteiger charge is 2.23. The van der Waals surface area contributed by atoms with Crippen LogP contribution < -0.4 is 15.2 Å². The second kappa shape index (κ2) is 7.14. The summed E-state index contributed by atoms with van der Waals surface area (Å²) in [6.07, 6.45) is 0.774. The zero-order valence-electron chi connectivity index (χ0n) is 12.1. The molecular formula is C15H23NO3. The number of ketones is 1. The first-order chi connectivity index (χ1) is 9.03. The lowest BCUT2D eigenvalue weighted by atomic mass is 9.89. The van der Waals surface area contributed by atoms with Crippen LogP contribution in [0.3, 0.4) is 0 Å². The molecule has 1 rings (SSSR count). The van der Waals surface area contributed by atoms with Gasteiger partial charge in [0.1, 0.15) is 11.5 Å². The lowest BCUT2D eigenvalue weighted by molar-refractivity contribution is 0.0905. The molecule has 0 aromatic heterocycles. The molecule has 19 heavy (non-hydrogen) atoms. The topological polar surface area (TPSA) is 61.5 Å². The largest absolute Gasteiger partial charge is 0.497 e. The minimum absolute atomic E-state index is 0.0203. The fourth-order valence-corrected chi connectivity index (χ4v) is 2.11. The first kappa shape index (κ1) is 15.5. The van der Waals surface area contributed by atoms with E-state index < -0.39 is 0 Å². The Morgan fingerprint density at radius 2 is 1.95 bits per heavy atom. The Labute approximate surface area is 114 Å². The molecule has 4 nitrogen and oxygen atoms in total. The normalized spacial score (nSPS) is 12.3. The third kappa shape index (κ3) is 3.96. The predicted octanol–water partition coefficient (Wildman–Crippen LogP) is 2.51. The number of carbonyl (C=O) groups is 1. The Kier molecular flexibility index (Phi) is 5.83. The molecule has 2 N–H and O–H groups in total. The van der Waals surface area contributed by atoms with Crippen molar-refractivity contribution in [1.29, 1.82) is 0 Å². The Hall–Kier alpha value is -1.55. The SMILES string of the molecule is COc1ccc(OC)c(C(=O)C(CN)CC(C)C)c1. The second-order valence-corrected chi connectivity index (χ2v) is 4.99. The Morgan fingerprint density at radius 3 is 2.42 bits per heavy atom. The summed E-state index contributed by atoms with van der Waals surface area (Å²) in [4.78, 5) is 12.5. The summed E-state index contributed by atoms with van der Waals surface area (Å²) in [6.45, 7) is 4.51. The van der Waals surface area contributed by atoms with E-state index in [0.717, 1.165) is 6.42 Å². The van der Waals surface area contributed by atoms with E-state index in [1.807, 2.05) is 0 Å². The summed E-state index contributed by atoms with van der Waals surface area (Å²) in [7, 11) is 3.13. The average molecular weight is 265 g/mol. The van der Waals surface area contributed by atoms with Gasteiger partial charge >= 0.3 is 0 Å². The van der Waals surface area contributed by atoms with Crippen LogP contribution >= 0.6 is 0 Å². The van der Waals surface area contributed by atoms with Gasteiger partial charge in [-0.3, -0.25) is 4.79 Å². The molecule has 0 radical (unpaired) electrons. The molecule has 0 amide bonds. The van der Waals surface area contributed by atoms with Crippen LogP contribution in [0.2, 0.25) is 0 Å². The summed E-state index contributed by atoms with van der Waals surface area (Å²) in [6, 6.07) is 5.23. The van der Waals surface area contributed by atoms with E-state index in [1.54, 1.807) is 32.4 Å². The van der Waals surface area contributed by atoms with Gasteiger partial charge in [-0.1, -0.05) is 13.8 Å². The molecule has 4 heteroatoms. The number of ether oxygens (including phenoxy) is 2. The van der Waals surface area contributed by atoms with Gasteiger partial charge in [-0.15, -0.1) is 0 Å². The third-order valence-corrected chi connectivity index (χ3v) is 3.08. The van der Waals surface area contributed by atoms with Gasteiger partial charge in [0.2, 0.25) is 0 Å². The van der Waals surface area contributed by atoms with Crippen molar-refractivity contribution in [3.05, 3.63) is 23.8 Å². The third-order valence-electron chi connectivity index (χ3n) is 3.08. The average Bonchev–Trinajstić information content (AvgIpc) is 2.42. The minimum atomic E-state index is -0.180. The number of carbonyl (C=O) groups excluding carboxylic acids is 1. The molecule has 0 bridgehead atoms. The molecule has 0 spiro atoms. The summed E-state index contributed by atoms with van der Waals surface area (Å²) in [5, 5.41) is 0. The quantitative estimate of drug-likeness (QED) is 0.769. The van der Waals surface area contributed by atoms with E-state index in [9.17, 15) is 4.79 Å². The molecule has 0 aliphatic heterocycles. The van der Waals surface area contributed by atoms with E-state index in [4.69, 9.17) is 15.2 Å². The van der Waals surface area contributed by atoms with Gasteiger partial charge in [0.15, 0.2) is 5.78 Å². The van der Waals surface area contributed by atoms with Crippen LogP contribution in [-0.2, 0) is 0 Å². The highest BCUT2D eigenvalue weighted by molar-refractivity contribution is 6.00. The van der Waals surface area contributed by atoms with Crippen molar-refractivity contribution in [3.63, 3.8) is 0 Å². The van der Waals surface area contributed by atoms with Gasteiger partial charge in [0.05, 0.1) is 19.8 Å². The number of hydrogen-bond donors (Lipinski definition) is 1. The molecule has 1 unspecified atom stereocenters. The van der Waals surface area contributed by atoms with Crippen molar-refractivity contribution in [2.45, 2.75) is 20.3 Å². The molecule has 0 aliphatic carbocycles. The van der Waals surface area contributed by atoms with Crippen molar-refractivity contribution < 1.29 is 14.3 Å². The zero-order chi connectivity index (χ0) is 14.4. The number of Topliss-reactive ketones (excluding diaryl/α,β-unsaturated/α-hetero) is 1. The fraction of sp³-hybridized carbons (Fsp3) is 0.533. The summed E-state index contributed by atoms with van der Waals surface area (Å²) < 4.78 is 10.4. The highest BCUT2D eigenvalue weighted by atomic mass is 16.5. The Bertz CT molecular complexity index is 429. The van der Waals surface area contributed by atoms with Crippen LogP contribution in [0.25, 0.3) is 0 Å². The second-order valence-electron chi connectivity index (χ2n) is 4.99. The maximum Gasteiger partial charge on any atom is 0.171 e. The van der Waals surface area contributed by atoms with Gasteiger partial charge in [-0.05, 0) is 30.5 Å². The van der Waals surface area contributed by atoms with Crippen LogP contribution in [0.15, 0.2) is 18.2 Å². The molecule has 1 aromatic rings. The zero-order valence-corrected chi connectivity index (χ0v) is 12.1. The number of methoxy groups -OCH3 is 2. The monoisotopic (exact) mass is 265 g/mol. The van der Waals surface area contributed by atoms with E-state index in [0.29, 0.717) is 29.5 Å². The first-order valence-corrected chi connectivity index (χ1v) is 6.49. The summed E-state index contributed by atoms with van der Waals surface area (Å²) in [5.74, 6) is 1.47. The Balaban J connectivity index is 3.08. The van der Waals surface area contributed by atoms with Gasteiger partial charge in [-0.25, -0.2) is 0 Å².